The molecular weight excluding hydrogens is 462 g/mol. The van der Waals surface area contributed by atoms with Gasteiger partial charge in [-0.1, -0.05) is 6.92 Å². The number of hydrogen-bond donors (Lipinski definition) is 3. The number of aromatic nitrogens is 2. The molecule has 182 valence electrons. The zero-order chi connectivity index (χ0) is 24.7. The zero-order valence-electron chi connectivity index (χ0n) is 18.1. The van der Waals surface area contributed by atoms with Gasteiger partial charge >= 0.3 is 12.4 Å². The van der Waals surface area contributed by atoms with E-state index in [4.69, 9.17) is 5.73 Å². The van der Waals surface area contributed by atoms with Crippen molar-refractivity contribution >= 4 is 34.0 Å². The molecule has 2 aromatic carbocycles. The second kappa shape index (κ2) is 8.82. The van der Waals surface area contributed by atoms with Gasteiger partial charge in [0.05, 0.1) is 16.6 Å². The average molecular weight is 484 g/mol. The van der Waals surface area contributed by atoms with Gasteiger partial charge in [0.1, 0.15) is 5.82 Å². The number of nitrogen functional groups attached to an aromatic ring is 1. The number of benzene rings is 2. The van der Waals surface area contributed by atoms with Crippen LogP contribution in [0.15, 0.2) is 36.4 Å². The fourth-order valence-corrected chi connectivity index (χ4v) is 4.01. The third kappa shape index (κ3) is 5.11. The summed E-state index contributed by atoms with van der Waals surface area (Å²) in [4.78, 5) is 10.6. The van der Waals surface area contributed by atoms with Crippen LogP contribution < -0.4 is 21.3 Å². The van der Waals surface area contributed by atoms with Crippen molar-refractivity contribution in [2.75, 3.05) is 35.6 Å². The summed E-state index contributed by atoms with van der Waals surface area (Å²) in [6.07, 6.45) is -8.39. The Morgan fingerprint density at radius 3 is 2.41 bits per heavy atom. The number of alkyl halides is 6. The number of nitrogens with two attached hydrogens (primary N) is 1. The summed E-state index contributed by atoms with van der Waals surface area (Å²) in [6, 6.07) is 6.28. The number of fused-ring (bicyclic) bond motifs is 1. The minimum atomic E-state index is -4.63. The first-order chi connectivity index (χ1) is 15.9. The quantitative estimate of drug-likeness (QED) is 0.342. The van der Waals surface area contributed by atoms with Crippen LogP contribution >= 0.6 is 0 Å². The lowest BCUT2D eigenvalue weighted by Crippen LogP contribution is -2.32. The van der Waals surface area contributed by atoms with Crippen LogP contribution in [0.3, 0.4) is 0 Å². The van der Waals surface area contributed by atoms with Crippen molar-refractivity contribution in [3.8, 4) is 0 Å². The highest BCUT2D eigenvalue weighted by molar-refractivity contribution is 5.91. The highest BCUT2D eigenvalue weighted by atomic mass is 19.4. The minimum Gasteiger partial charge on any atom is -0.399 e. The van der Waals surface area contributed by atoms with E-state index in [0.717, 1.165) is 37.2 Å². The van der Waals surface area contributed by atoms with E-state index in [9.17, 15) is 26.3 Å². The monoisotopic (exact) mass is 484 g/mol. The largest absolute Gasteiger partial charge is 0.416 e. The molecule has 0 spiro atoms. The van der Waals surface area contributed by atoms with Crippen molar-refractivity contribution in [1.29, 1.82) is 0 Å². The third-order valence-electron chi connectivity index (χ3n) is 5.52. The van der Waals surface area contributed by atoms with Crippen LogP contribution in [0, 0.1) is 0 Å². The highest BCUT2D eigenvalue weighted by Crippen LogP contribution is 2.36. The Balaban J connectivity index is 1.78. The summed E-state index contributed by atoms with van der Waals surface area (Å²) in [6.45, 7) is 3.93. The second-order valence-electron chi connectivity index (χ2n) is 8.06. The smallest absolute Gasteiger partial charge is 0.399 e. The SMILES string of the molecule is CCNC1CCN(c2nc(Nc3cc(N)cc(C(F)(F)F)c3)nc3cc(C(F)(F)F)ccc23)C1. The van der Waals surface area contributed by atoms with E-state index < -0.39 is 23.5 Å². The molecule has 1 aliphatic heterocycles. The predicted octanol–water partition coefficient (Wildman–Crippen LogP) is 5.18. The Morgan fingerprint density at radius 1 is 1.00 bits per heavy atom. The first kappa shape index (κ1) is 23.9. The summed E-state index contributed by atoms with van der Waals surface area (Å²) >= 11 is 0. The number of rotatable bonds is 5. The number of halogens is 6. The zero-order valence-corrected chi connectivity index (χ0v) is 18.1. The molecule has 0 saturated carbocycles. The Kier molecular flexibility index (Phi) is 6.19. The number of likely N-dealkylation sites (N-methyl/N-ethyl adjacent to an activating group) is 1. The summed E-state index contributed by atoms with van der Waals surface area (Å²) in [5, 5.41) is 6.43. The second-order valence-corrected chi connectivity index (χ2v) is 8.06. The fourth-order valence-electron chi connectivity index (χ4n) is 4.01. The molecular formula is C22H22F6N6. The van der Waals surface area contributed by atoms with Crippen molar-refractivity contribution < 1.29 is 26.3 Å². The van der Waals surface area contributed by atoms with E-state index in [2.05, 4.69) is 20.6 Å². The van der Waals surface area contributed by atoms with Crippen LogP contribution in [0.2, 0.25) is 0 Å². The maximum atomic E-state index is 13.3. The number of nitrogens with zero attached hydrogens (tertiary/aromatic N) is 3. The Bertz CT molecular complexity index is 1190. The molecule has 4 N–H and O–H groups in total. The van der Waals surface area contributed by atoms with Crippen molar-refractivity contribution in [2.24, 2.45) is 0 Å². The van der Waals surface area contributed by atoms with Gasteiger partial charge in [0, 0.05) is 35.9 Å². The maximum absolute atomic E-state index is 13.3. The molecule has 1 unspecified atom stereocenters. The van der Waals surface area contributed by atoms with E-state index in [1.807, 2.05) is 11.8 Å². The average Bonchev–Trinajstić information content (AvgIpc) is 3.20. The molecule has 1 aromatic heterocycles. The molecule has 12 heteroatoms. The van der Waals surface area contributed by atoms with Crippen molar-refractivity contribution in [2.45, 2.75) is 31.7 Å². The van der Waals surface area contributed by atoms with Gasteiger partial charge in [-0.25, -0.2) is 4.98 Å². The van der Waals surface area contributed by atoms with Gasteiger partial charge in [-0.3, -0.25) is 0 Å². The van der Waals surface area contributed by atoms with Crippen molar-refractivity contribution in [3.63, 3.8) is 0 Å². The molecule has 0 bridgehead atoms. The summed E-state index contributed by atoms with van der Waals surface area (Å²) in [7, 11) is 0. The summed E-state index contributed by atoms with van der Waals surface area (Å²) in [5.74, 6) is 0.272. The molecule has 6 nitrogen and oxygen atoms in total. The van der Waals surface area contributed by atoms with Gasteiger partial charge in [-0.2, -0.15) is 31.3 Å². The number of hydrogen-bond acceptors (Lipinski definition) is 6. The van der Waals surface area contributed by atoms with Gasteiger partial charge in [0.25, 0.3) is 0 Å². The Labute approximate surface area is 191 Å². The van der Waals surface area contributed by atoms with E-state index in [0.29, 0.717) is 24.3 Å². The first-order valence-electron chi connectivity index (χ1n) is 10.6. The van der Waals surface area contributed by atoms with Gasteiger partial charge in [0.15, 0.2) is 0 Å². The predicted molar refractivity (Wildman–Crippen MR) is 118 cm³/mol. The molecule has 1 aliphatic rings. The standard InChI is InChI=1S/C22H22F6N6/c1-2-30-15-5-6-34(11-15)19-17-4-3-12(21(23,24)25)9-18(17)32-20(33-19)31-16-8-13(22(26,27)28)7-14(29)10-16/h3-4,7-10,15,30H,2,5-6,11,29H2,1H3,(H,31,32,33). The van der Waals surface area contributed by atoms with Gasteiger partial charge in [0.2, 0.25) is 5.95 Å². The third-order valence-corrected chi connectivity index (χ3v) is 5.52. The molecule has 0 aliphatic carbocycles. The van der Waals surface area contributed by atoms with Crippen LogP contribution in [-0.2, 0) is 12.4 Å². The molecule has 1 fully saturated rings. The summed E-state index contributed by atoms with van der Waals surface area (Å²) in [5.41, 5.74) is 3.63. The number of anilines is 4. The van der Waals surface area contributed by atoms with E-state index in [1.165, 1.54) is 12.1 Å². The minimum absolute atomic E-state index is 0.0224. The van der Waals surface area contributed by atoms with Crippen molar-refractivity contribution in [3.05, 3.63) is 47.5 Å². The van der Waals surface area contributed by atoms with E-state index in [1.54, 1.807) is 0 Å². The molecule has 1 atom stereocenters. The maximum Gasteiger partial charge on any atom is 0.416 e. The highest BCUT2D eigenvalue weighted by Gasteiger charge is 2.33. The fraction of sp³-hybridized carbons (Fsp3) is 0.364. The topological polar surface area (TPSA) is 79.1 Å². The van der Waals surface area contributed by atoms with Crippen LogP contribution in [0.5, 0.6) is 0 Å². The molecule has 4 rings (SSSR count). The normalized spacial score (nSPS) is 16.9. The molecule has 34 heavy (non-hydrogen) atoms. The van der Waals surface area contributed by atoms with E-state index >= 15 is 0 Å². The molecule has 0 amide bonds. The number of nitrogens with one attached hydrogen (secondary N) is 2. The molecule has 0 radical (unpaired) electrons. The first-order valence-corrected chi connectivity index (χ1v) is 10.6. The van der Waals surface area contributed by atoms with Crippen LogP contribution in [0.4, 0.5) is 49.5 Å². The summed E-state index contributed by atoms with van der Waals surface area (Å²) < 4.78 is 79.5. The lowest BCUT2D eigenvalue weighted by Gasteiger charge is -2.21. The van der Waals surface area contributed by atoms with Gasteiger partial charge in [-0.15, -0.1) is 0 Å². The van der Waals surface area contributed by atoms with Crippen molar-refractivity contribution in [1.82, 2.24) is 15.3 Å². The van der Waals surface area contributed by atoms with Gasteiger partial charge in [-0.05, 0) is 49.4 Å². The van der Waals surface area contributed by atoms with E-state index in [-0.39, 0.29) is 28.9 Å². The van der Waals surface area contributed by atoms with Crippen LogP contribution in [-0.4, -0.2) is 35.6 Å². The van der Waals surface area contributed by atoms with Crippen LogP contribution in [0.1, 0.15) is 24.5 Å². The lowest BCUT2D eigenvalue weighted by molar-refractivity contribution is -0.138. The van der Waals surface area contributed by atoms with Crippen LogP contribution in [0.25, 0.3) is 10.9 Å². The van der Waals surface area contributed by atoms with Gasteiger partial charge < -0.3 is 21.3 Å². The molecule has 3 aromatic rings. The molecule has 1 saturated heterocycles. The lowest BCUT2D eigenvalue weighted by atomic mass is 10.1. The molecule has 2 heterocycles. The Hall–Kier alpha value is -3.28. The Morgan fingerprint density at radius 2 is 1.74 bits per heavy atom.